The van der Waals surface area contributed by atoms with Crippen LogP contribution in [0.3, 0.4) is 0 Å². The van der Waals surface area contributed by atoms with Gasteiger partial charge in [-0.05, 0) is 43.0 Å². The van der Waals surface area contributed by atoms with E-state index in [1.807, 2.05) is 19.1 Å². The van der Waals surface area contributed by atoms with Crippen molar-refractivity contribution in [1.82, 2.24) is 14.7 Å². The van der Waals surface area contributed by atoms with Gasteiger partial charge in [-0.2, -0.15) is 0 Å². The molecule has 2 aromatic rings. The molecule has 1 N–H and O–H groups in total. The number of rotatable bonds is 6. The molecule has 0 amide bonds. The monoisotopic (exact) mass is 377 g/mol. The fourth-order valence-corrected chi connectivity index (χ4v) is 4.48. The predicted octanol–water partition coefficient (Wildman–Crippen LogP) is 2.13. The van der Waals surface area contributed by atoms with Crippen molar-refractivity contribution >= 4 is 10.0 Å². The lowest BCUT2D eigenvalue weighted by Crippen LogP contribution is -2.41. The lowest BCUT2D eigenvalue weighted by atomic mass is 10.1. The van der Waals surface area contributed by atoms with Crippen molar-refractivity contribution in [2.24, 2.45) is 0 Å². The summed E-state index contributed by atoms with van der Waals surface area (Å²) in [6.07, 6.45) is 3.90. The van der Waals surface area contributed by atoms with Crippen molar-refractivity contribution in [2.75, 3.05) is 13.7 Å². The molecule has 1 saturated heterocycles. The Bertz CT molecular complexity index is 823. The van der Waals surface area contributed by atoms with Crippen molar-refractivity contribution in [3.63, 3.8) is 0 Å². The highest BCUT2D eigenvalue weighted by atomic mass is 32.2. The van der Waals surface area contributed by atoms with Crippen LogP contribution in [0.25, 0.3) is 0 Å². The van der Waals surface area contributed by atoms with Gasteiger partial charge in [0.15, 0.2) is 5.82 Å². The number of ether oxygens (including phenoxy) is 2. The van der Waals surface area contributed by atoms with Crippen molar-refractivity contribution in [2.45, 2.75) is 37.7 Å². The number of methoxy groups -OCH3 is 1. The van der Waals surface area contributed by atoms with E-state index in [4.69, 9.17) is 9.47 Å². The third-order valence-corrected chi connectivity index (χ3v) is 6.19. The van der Waals surface area contributed by atoms with E-state index in [-0.39, 0.29) is 6.54 Å². The van der Waals surface area contributed by atoms with Gasteiger partial charge in [-0.1, -0.05) is 12.1 Å². The molecule has 0 spiro atoms. The first kappa shape index (κ1) is 18.8. The van der Waals surface area contributed by atoms with Gasteiger partial charge >= 0.3 is 0 Å². The highest BCUT2D eigenvalue weighted by Crippen LogP contribution is 2.31. The van der Waals surface area contributed by atoms with Crippen LogP contribution < -0.4 is 9.46 Å². The molecule has 1 fully saturated rings. The summed E-state index contributed by atoms with van der Waals surface area (Å²) >= 11 is 0. The van der Waals surface area contributed by atoms with E-state index in [1.54, 1.807) is 31.6 Å². The summed E-state index contributed by atoms with van der Waals surface area (Å²) in [5.74, 6) is 1.14. The Kier molecular flexibility index (Phi) is 5.85. The van der Waals surface area contributed by atoms with Gasteiger partial charge in [0.1, 0.15) is 17.1 Å². The molecule has 140 valence electrons. The van der Waals surface area contributed by atoms with Crippen molar-refractivity contribution < 1.29 is 17.9 Å². The van der Waals surface area contributed by atoms with Crippen LogP contribution in [0.2, 0.25) is 0 Å². The Morgan fingerprint density at radius 1 is 1.23 bits per heavy atom. The molecule has 8 heteroatoms. The zero-order valence-electron chi connectivity index (χ0n) is 14.9. The molecular weight excluding hydrogens is 354 g/mol. The van der Waals surface area contributed by atoms with Gasteiger partial charge in [-0.25, -0.2) is 23.1 Å². The topological polar surface area (TPSA) is 90.4 Å². The zero-order valence-corrected chi connectivity index (χ0v) is 15.7. The van der Waals surface area contributed by atoms with Gasteiger partial charge < -0.3 is 9.47 Å². The summed E-state index contributed by atoms with van der Waals surface area (Å²) in [5, 5.41) is -0.711. The molecule has 2 heterocycles. The second-order valence-corrected chi connectivity index (χ2v) is 8.29. The summed E-state index contributed by atoms with van der Waals surface area (Å²) in [5.41, 5.74) is 1.77. The van der Waals surface area contributed by atoms with E-state index in [0.29, 0.717) is 25.3 Å². The van der Waals surface area contributed by atoms with Crippen molar-refractivity contribution in [3.05, 3.63) is 53.6 Å². The Labute approximate surface area is 153 Å². The number of hydrogen-bond donors (Lipinski definition) is 1. The minimum atomic E-state index is -3.59. The molecule has 26 heavy (non-hydrogen) atoms. The molecule has 1 aliphatic heterocycles. The molecule has 3 rings (SSSR count). The Balaban J connectivity index is 1.73. The van der Waals surface area contributed by atoms with E-state index in [0.717, 1.165) is 16.9 Å². The quantitative estimate of drug-likeness (QED) is 0.829. The summed E-state index contributed by atoms with van der Waals surface area (Å²) in [7, 11) is -2.00. The predicted molar refractivity (Wildman–Crippen MR) is 97.2 cm³/mol. The highest BCUT2D eigenvalue weighted by Gasteiger charge is 2.38. The number of sulfonamides is 1. The molecule has 0 aliphatic carbocycles. The van der Waals surface area contributed by atoms with Crippen LogP contribution in [0, 0.1) is 6.92 Å². The lowest BCUT2D eigenvalue weighted by Gasteiger charge is -2.30. The molecule has 1 aromatic heterocycles. The van der Waals surface area contributed by atoms with Gasteiger partial charge in [-0.3, -0.25) is 0 Å². The van der Waals surface area contributed by atoms with Gasteiger partial charge in [0.25, 0.3) is 0 Å². The first-order valence-corrected chi connectivity index (χ1v) is 10.1. The molecule has 0 bridgehead atoms. The minimum Gasteiger partial charge on any atom is -0.497 e. The van der Waals surface area contributed by atoms with Crippen molar-refractivity contribution in [3.8, 4) is 5.75 Å². The lowest BCUT2D eigenvalue weighted by molar-refractivity contribution is 0.0122. The molecule has 7 nitrogen and oxygen atoms in total. The summed E-state index contributed by atoms with van der Waals surface area (Å²) in [6.45, 7) is 2.60. The van der Waals surface area contributed by atoms with E-state index < -0.39 is 21.4 Å². The fraction of sp³-hybridized carbons (Fsp3) is 0.444. The Morgan fingerprint density at radius 3 is 2.58 bits per heavy atom. The van der Waals surface area contributed by atoms with E-state index in [2.05, 4.69) is 14.7 Å². The summed E-state index contributed by atoms with van der Waals surface area (Å²) in [4.78, 5) is 8.52. The van der Waals surface area contributed by atoms with Crippen LogP contribution >= 0.6 is 0 Å². The SMILES string of the molecule is COc1ccc(CNS(=O)(=O)[C@@H]2CCCOC2c2ncc(C)cn2)cc1. The van der Waals surface area contributed by atoms with Crippen LogP contribution in [0.4, 0.5) is 0 Å². The van der Waals surface area contributed by atoms with Crippen LogP contribution in [0.5, 0.6) is 5.75 Å². The second-order valence-electron chi connectivity index (χ2n) is 6.30. The maximum atomic E-state index is 12.9. The maximum Gasteiger partial charge on any atom is 0.217 e. The number of hydrogen-bond acceptors (Lipinski definition) is 6. The first-order chi connectivity index (χ1) is 12.5. The Morgan fingerprint density at radius 2 is 1.92 bits per heavy atom. The number of nitrogens with one attached hydrogen (secondary N) is 1. The summed E-state index contributed by atoms with van der Waals surface area (Å²) < 4.78 is 39.2. The maximum absolute atomic E-state index is 12.9. The highest BCUT2D eigenvalue weighted by molar-refractivity contribution is 7.90. The van der Waals surface area contributed by atoms with Gasteiger partial charge in [0.2, 0.25) is 10.0 Å². The third-order valence-electron chi connectivity index (χ3n) is 4.36. The number of benzene rings is 1. The van der Waals surface area contributed by atoms with E-state index in [9.17, 15) is 8.42 Å². The van der Waals surface area contributed by atoms with E-state index in [1.165, 1.54) is 0 Å². The van der Waals surface area contributed by atoms with E-state index >= 15 is 0 Å². The van der Waals surface area contributed by atoms with Crippen LogP contribution in [0.15, 0.2) is 36.7 Å². The number of nitrogens with zero attached hydrogens (tertiary/aromatic N) is 2. The standard InChI is InChI=1S/C18H23N3O4S/c1-13-10-19-18(20-11-13)17-16(4-3-9-25-17)26(22,23)21-12-14-5-7-15(24-2)8-6-14/h5-8,10-11,16-17,21H,3-4,9,12H2,1-2H3/t16-,17?/m1/s1. The number of aromatic nitrogens is 2. The van der Waals surface area contributed by atoms with Crippen LogP contribution in [0.1, 0.15) is 35.9 Å². The smallest absolute Gasteiger partial charge is 0.217 e. The normalized spacial score (nSPS) is 20.7. The molecule has 0 saturated carbocycles. The molecule has 0 radical (unpaired) electrons. The first-order valence-electron chi connectivity index (χ1n) is 8.51. The fourth-order valence-electron chi connectivity index (χ4n) is 2.90. The van der Waals surface area contributed by atoms with Crippen molar-refractivity contribution in [1.29, 1.82) is 0 Å². The average Bonchev–Trinajstić information content (AvgIpc) is 2.67. The van der Waals surface area contributed by atoms with Gasteiger partial charge in [0.05, 0.1) is 7.11 Å². The van der Waals surface area contributed by atoms with Gasteiger partial charge in [-0.15, -0.1) is 0 Å². The molecule has 1 aromatic carbocycles. The van der Waals surface area contributed by atoms with Gasteiger partial charge in [0, 0.05) is 25.5 Å². The van der Waals surface area contributed by atoms with Crippen LogP contribution in [-0.2, 0) is 21.3 Å². The Hall–Kier alpha value is -2.03. The summed E-state index contributed by atoms with van der Waals surface area (Å²) in [6, 6.07) is 7.27. The largest absolute Gasteiger partial charge is 0.497 e. The zero-order chi connectivity index (χ0) is 18.6. The molecule has 2 atom stereocenters. The van der Waals surface area contributed by atoms with Crippen LogP contribution in [-0.4, -0.2) is 37.4 Å². The molecule has 1 aliphatic rings. The second kappa shape index (κ2) is 8.11. The minimum absolute atomic E-state index is 0.213. The molecule has 1 unspecified atom stereocenters. The molecular formula is C18H23N3O4S. The number of aryl methyl sites for hydroxylation is 1. The third kappa shape index (κ3) is 4.38. The average molecular weight is 377 g/mol.